The van der Waals surface area contributed by atoms with Gasteiger partial charge in [0.2, 0.25) is 0 Å². The number of hydrogen-bond acceptors (Lipinski definition) is 5. The van der Waals surface area contributed by atoms with E-state index in [9.17, 15) is 13.2 Å². The van der Waals surface area contributed by atoms with E-state index >= 15 is 0 Å². The molecule has 1 amide bonds. The number of likely N-dealkylation sites (N-methyl/N-ethyl adjacent to an activating group) is 1. The van der Waals surface area contributed by atoms with Crippen LogP contribution in [0.15, 0.2) is 63.2 Å². The second kappa shape index (κ2) is 7.82. The average Bonchev–Trinajstić information content (AvgIpc) is 2.65. The maximum absolute atomic E-state index is 13.3. The Labute approximate surface area is 159 Å². The molecule has 7 heteroatoms. The summed E-state index contributed by atoms with van der Waals surface area (Å²) < 4.78 is 27.5. The summed E-state index contributed by atoms with van der Waals surface area (Å²) in [6, 6.07) is 14.0. The molecule has 3 rings (SSSR count). The van der Waals surface area contributed by atoms with Crippen molar-refractivity contribution >= 4 is 27.7 Å². The fourth-order valence-electron chi connectivity index (χ4n) is 2.95. The first kappa shape index (κ1) is 18.9. The van der Waals surface area contributed by atoms with Crippen LogP contribution in [-0.2, 0) is 10.0 Å². The lowest BCUT2D eigenvalue weighted by Crippen LogP contribution is -2.43. The van der Waals surface area contributed by atoms with Gasteiger partial charge in [-0.25, -0.2) is 12.7 Å². The highest BCUT2D eigenvalue weighted by molar-refractivity contribution is 8.00. The summed E-state index contributed by atoms with van der Waals surface area (Å²) in [6.45, 7) is 6.30. The van der Waals surface area contributed by atoms with E-state index in [0.717, 1.165) is 22.3 Å². The van der Waals surface area contributed by atoms with Gasteiger partial charge in [-0.3, -0.25) is 4.79 Å². The SMILES string of the molecule is CCN(CC)CCN1C(=O)c2ccccc2Sc2ccccc2S1(=O)=O. The third-order valence-electron chi connectivity index (χ3n) is 4.49. The standard InChI is InChI=1S/C19H22N2O3S2/c1-3-20(4-2)13-14-21-19(22)15-9-5-6-10-16(15)25-17-11-7-8-12-18(17)26(21,23)24/h5-12H,3-4,13-14H2,1-2H3. The molecule has 0 unspecified atom stereocenters. The second-order valence-corrected chi connectivity index (χ2v) is 8.87. The van der Waals surface area contributed by atoms with Gasteiger partial charge in [0.05, 0.1) is 12.1 Å². The van der Waals surface area contributed by atoms with Gasteiger partial charge >= 0.3 is 0 Å². The number of carbonyl (C=O) groups excluding carboxylic acids is 1. The minimum Gasteiger partial charge on any atom is -0.302 e. The average molecular weight is 391 g/mol. The highest BCUT2D eigenvalue weighted by Gasteiger charge is 2.35. The van der Waals surface area contributed by atoms with E-state index in [-0.39, 0.29) is 11.4 Å². The van der Waals surface area contributed by atoms with E-state index in [4.69, 9.17) is 0 Å². The van der Waals surface area contributed by atoms with Crippen molar-refractivity contribution in [2.45, 2.75) is 28.5 Å². The highest BCUT2D eigenvalue weighted by atomic mass is 32.2. The molecular weight excluding hydrogens is 368 g/mol. The molecule has 0 bridgehead atoms. The first-order valence-corrected chi connectivity index (χ1v) is 10.9. The van der Waals surface area contributed by atoms with Crippen molar-refractivity contribution < 1.29 is 13.2 Å². The van der Waals surface area contributed by atoms with Crippen molar-refractivity contribution in [3.63, 3.8) is 0 Å². The zero-order chi connectivity index (χ0) is 18.7. The van der Waals surface area contributed by atoms with Crippen LogP contribution in [-0.4, -0.2) is 49.7 Å². The normalized spacial score (nSPS) is 16.0. The van der Waals surface area contributed by atoms with E-state index in [1.165, 1.54) is 11.8 Å². The Hall–Kier alpha value is -1.83. The quantitative estimate of drug-likeness (QED) is 0.784. The van der Waals surface area contributed by atoms with Crippen molar-refractivity contribution in [1.82, 2.24) is 9.21 Å². The molecule has 26 heavy (non-hydrogen) atoms. The van der Waals surface area contributed by atoms with Crippen molar-refractivity contribution in [3.8, 4) is 0 Å². The molecule has 0 spiro atoms. The maximum atomic E-state index is 13.3. The van der Waals surface area contributed by atoms with E-state index in [2.05, 4.69) is 4.90 Å². The van der Waals surface area contributed by atoms with Gasteiger partial charge in [-0.15, -0.1) is 0 Å². The van der Waals surface area contributed by atoms with Crippen LogP contribution in [0.4, 0.5) is 0 Å². The number of rotatable bonds is 5. The summed E-state index contributed by atoms with van der Waals surface area (Å²) in [4.78, 5) is 16.8. The summed E-state index contributed by atoms with van der Waals surface area (Å²) in [7, 11) is -3.91. The van der Waals surface area contributed by atoms with E-state index in [0.29, 0.717) is 17.0 Å². The number of sulfonamides is 1. The molecule has 0 aliphatic carbocycles. The third kappa shape index (κ3) is 3.51. The number of amides is 1. The number of hydrogen-bond donors (Lipinski definition) is 0. The third-order valence-corrected chi connectivity index (χ3v) is 7.62. The zero-order valence-electron chi connectivity index (χ0n) is 14.9. The molecule has 0 saturated heterocycles. The molecule has 0 saturated carbocycles. The molecule has 0 atom stereocenters. The number of benzene rings is 2. The van der Waals surface area contributed by atoms with Gasteiger partial charge in [0.1, 0.15) is 4.90 Å². The van der Waals surface area contributed by atoms with Crippen molar-refractivity contribution in [2.24, 2.45) is 0 Å². The lowest BCUT2D eigenvalue weighted by atomic mass is 10.2. The first-order valence-electron chi connectivity index (χ1n) is 8.64. The largest absolute Gasteiger partial charge is 0.302 e. The fraction of sp³-hybridized carbons (Fsp3) is 0.316. The number of carbonyl (C=O) groups is 1. The van der Waals surface area contributed by atoms with E-state index < -0.39 is 15.9 Å². The second-order valence-electron chi connectivity index (χ2n) is 5.95. The lowest BCUT2D eigenvalue weighted by Gasteiger charge is -2.29. The highest BCUT2D eigenvalue weighted by Crippen LogP contribution is 2.38. The van der Waals surface area contributed by atoms with Crippen LogP contribution in [0, 0.1) is 0 Å². The Morgan fingerprint density at radius 3 is 2.27 bits per heavy atom. The molecule has 5 nitrogen and oxygen atoms in total. The molecule has 2 aromatic carbocycles. The zero-order valence-corrected chi connectivity index (χ0v) is 16.5. The van der Waals surface area contributed by atoms with Gasteiger partial charge in [-0.1, -0.05) is 49.9 Å². The molecule has 0 fully saturated rings. The van der Waals surface area contributed by atoms with Gasteiger partial charge < -0.3 is 4.90 Å². The summed E-state index contributed by atoms with van der Waals surface area (Å²) in [5.74, 6) is -0.463. The molecule has 2 aromatic rings. The van der Waals surface area contributed by atoms with Crippen molar-refractivity contribution in [2.75, 3.05) is 26.2 Å². The van der Waals surface area contributed by atoms with Crippen LogP contribution < -0.4 is 0 Å². The van der Waals surface area contributed by atoms with E-state index in [1.54, 1.807) is 30.3 Å². The Balaban J connectivity index is 2.11. The van der Waals surface area contributed by atoms with Crippen LogP contribution in [0.5, 0.6) is 0 Å². The number of nitrogens with zero attached hydrogens (tertiary/aromatic N) is 2. The fourth-order valence-corrected chi connectivity index (χ4v) is 5.81. The van der Waals surface area contributed by atoms with Gasteiger partial charge in [0.25, 0.3) is 15.9 Å². The van der Waals surface area contributed by atoms with Crippen LogP contribution in [0.1, 0.15) is 24.2 Å². The lowest BCUT2D eigenvalue weighted by molar-refractivity contribution is 0.0847. The molecule has 1 aliphatic rings. The molecule has 0 radical (unpaired) electrons. The Kier molecular flexibility index (Phi) is 5.70. The summed E-state index contributed by atoms with van der Waals surface area (Å²) in [6.07, 6.45) is 0. The Bertz CT molecular complexity index is 909. The Morgan fingerprint density at radius 2 is 1.58 bits per heavy atom. The molecule has 138 valence electrons. The predicted molar refractivity (Wildman–Crippen MR) is 103 cm³/mol. The van der Waals surface area contributed by atoms with Crippen LogP contribution in [0.25, 0.3) is 0 Å². The van der Waals surface area contributed by atoms with Crippen LogP contribution in [0.3, 0.4) is 0 Å². The minimum absolute atomic E-state index is 0.135. The van der Waals surface area contributed by atoms with Gasteiger partial charge in [-0.05, 0) is 37.4 Å². The summed E-state index contributed by atoms with van der Waals surface area (Å²) >= 11 is 1.32. The first-order chi connectivity index (χ1) is 12.5. The van der Waals surface area contributed by atoms with Gasteiger partial charge in [-0.2, -0.15) is 0 Å². The van der Waals surface area contributed by atoms with Gasteiger partial charge in [0.15, 0.2) is 0 Å². The molecule has 1 heterocycles. The number of fused-ring (bicyclic) bond motifs is 2. The minimum atomic E-state index is -3.91. The molecule has 0 aromatic heterocycles. The smallest absolute Gasteiger partial charge is 0.268 e. The van der Waals surface area contributed by atoms with Crippen LogP contribution in [0.2, 0.25) is 0 Å². The Morgan fingerprint density at radius 1 is 0.962 bits per heavy atom. The molecule has 0 N–H and O–H groups in total. The molecule has 1 aliphatic heterocycles. The summed E-state index contributed by atoms with van der Waals surface area (Å²) in [5, 5.41) is 0. The van der Waals surface area contributed by atoms with E-state index in [1.807, 2.05) is 32.0 Å². The maximum Gasteiger partial charge on any atom is 0.268 e. The van der Waals surface area contributed by atoms with Gasteiger partial charge in [0, 0.05) is 16.3 Å². The topological polar surface area (TPSA) is 57.7 Å². The summed E-state index contributed by atoms with van der Waals surface area (Å²) in [5.41, 5.74) is 0.426. The van der Waals surface area contributed by atoms with Crippen LogP contribution >= 0.6 is 11.8 Å². The predicted octanol–water partition coefficient (Wildman–Crippen LogP) is 3.32. The molecular formula is C19H22N2O3S2. The monoisotopic (exact) mass is 390 g/mol. The van der Waals surface area contributed by atoms with Crippen molar-refractivity contribution in [3.05, 3.63) is 54.1 Å². The van der Waals surface area contributed by atoms with Crippen molar-refractivity contribution in [1.29, 1.82) is 0 Å².